The number of carboxylic acid groups (broad SMARTS) is 3. The Morgan fingerprint density at radius 1 is 0.765 bits per heavy atom. The van der Waals surface area contributed by atoms with Crippen molar-refractivity contribution in [2.75, 3.05) is 19.6 Å². The third kappa shape index (κ3) is 21.7. The van der Waals surface area contributed by atoms with Gasteiger partial charge in [0.05, 0.1) is 11.9 Å². The molecule has 0 spiro atoms. The molecule has 0 aliphatic heterocycles. The second-order valence-electron chi connectivity index (χ2n) is 2.58. The van der Waals surface area contributed by atoms with Crippen LogP contribution in [0.3, 0.4) is 0 Å². The zero-order valence-corrected chi connectivity index (χ0v) is 19.6. The molecule has 0 amide bonds. The summed E-state index contributed by atoms with van der Waals surface area (Å²) in [7, 11) is 0. The summed E-state index contributed by atoms with van der Waals surface area (Å²) in [6.07, 6.45) is -0.444. The topological polar surface area (TPSA) is 124 Å². The van der Waals surface area contributed by atoms with Crippen LogP contribution in [0, 0.1) is 0 Å². The molecule has 0 aromatic carbocycles. The van der Waals surface area contributed by atoms with Gasteiger partial charge < -0.3 is 29.7 Å². The molecule has 0 N–H and O–H groups in total. The maximum absolute atomic E-state index is 10.1. The number of hydrogen-bond acceptors (Lipinski definition) is 7. The second kappa shape index (κ2) is 17.3. The molecule has 0 aromatic heterocycles. The number of hydrogen-bond donors (Lipinski definition) is 0. The Hall–Kier alpha value is 3.28. The van der Waals surface area contributed by atoms with Crippen molar-refractivity contribution in [2.24, 2.45) is 0 Å². The van der Waals surface area contributed by atoms with Crippen LogP contribution in [0.25, 0.3) is 0 Å². The summed E-state index contributed by atoms with van der Waals surface area (Å²) >= 11 is 0. The molecule has 0 aliphatic rings. The second-order valence-corrected chi connectivity index (χ2v) is 2.58. The number of rotatable bonds is 7. The third-order valence-corrected chi connectivity index (χ3v) is 1.34. The molecular weight excluding hydrogens is 311 g/mol. The molecule has 0 saturated carbocycles. The van der Waals surface area contributed by atoms with Gasteiger partial charge in [0, 0.05) is 25.6 Å². The van der Waals surface area contributed by atoms with Gasteiger partial charge in [0.2, 0.25) is 0 Å². The summed E-state index contributed by atoms with van der Waals surface area (Å²) in [5.41, 5.74) is 0. The molecule has 0 aliphatic carbocycles. The smallest absolute Gasteiger partial charge is 0.550 e. The number of carbonyl (C=O) groups excluding carboxylic acids is 3. The first-order chi connectivity index (χ1) is 6.41. The summed E-state index contributed by atoms with van der Waals surface area (Å²) in [5.74, 6) is -4.35. The summed E-state index contributed by atoms with van der Waals surface area (Å²) in [4.78, 5) is 31.1. The summed E-state index contributed by atoms with van der Waals surface area (Å²) in [6, 6.07) is 0. The van der Waals surface area contributed by atoms with Gasteiger partial charge in [-0.2, -0.15) is 0 Å². The van der Waals surface area contributed by atoms with E-state index < -0.39 is 37.4 Å². The van der Waals surface area contributed by atoms with Crippen molar-refractivity contribution >= 4 is 17.9 Å². The van der Waals surface area contributed by atoms with Gasteiger partial charge in [0.1, 0.15) is 0 Å². The number of nitrogens with zero attached hydrogens (tertiary/aromatic N) is 1. The molecule has 0 heterocycles. The minimum absolute atomic E-state index is 0. The van der Waals surface area contributed by atoms with E-state index in [1.807, 2.05) is 0 Å². The Morgan fingerprint density at radius 2 is 1.12 bits per heavy atom. The number of carboxylic acids is 3. The van der Waals surface area contributed by atoms with Crippen molar-refractivity contribution in [3.8, 4) is 0 Å². The summed E-state index contributed by atoms with van der Waals surface area (Å²) in [6.45, 7) is -1.53. The van der Waals surface area contributed by atoms with E-state index in [0.717, 1.165) is 4.90 Å². The maximum Gasteiger partial charge on any atom is 1.00 e. The summed E-state index contributed by atoms with van der Waals surface area (Å²) in [5, 5.41) is 30.2. The van der Waals surface area contributed by atoms with Crippen molar-refractivity contribution in [2.45, 2.75) is 6.42 Å². The van der Waals surface area contributed by atoms with Crippen LogP contribution in [0.1, 0.15) is 6.42 Å². The van der Waals surface area contributed by atoms with E-state index >= 15 is 0 Å². The van der Waals surface area contributed by atoms with Gasteiger partial charge in [-0.25, -0.2) is 0 Å². The zero-order chi connectivity index (χ0) is 11.1. The fourth-order valence-corrected chi connectivity index (χ4v) is 0.829. The average molecular weight is 319 g/mol. The fourth-order valence-electron chi connectivity index (χ4n) is 0.829. The largest absolute Gasteiger partial charge is 1.00 e. The van der Waals surface area contributed by atoms with Crippen molar-refractivity contribution in [1.82, 2.24) is 4.90 Å². The zero-order valence-electron chi connectivity index (χ0n) is 10.2. The molecule has 0 radical (unpaired) electrons. The molecule has 0 rings (SSSR count). The molecule has 0 aromatic rings. The molecular formula is C7H8K3NO6. The van der Waals surface area contributed by atoms with E-state index in [1.165, 1.54) is 0 Å². The first-order valence-corrected chi connectivity index (χ1v) is 3.73. The van der Waals surface area contributed by atoms with Crippen molar-refractivity contribution < 1.29 is 184 Å². The van der Waals surface area contributed by atoms with E-state index in [-0.39, 0.29) is 161 Å². The Balaban J connectivity index is -0.000000282. The quantitative estimate of drug-likeness (QED) is 0.427. The predicted octanol–water partition coefficient (Wildman–Crippen LogP) is -14.1. The Bertz CT molecular complexity index is 234. The van der Waals surface area contributed by atoms with Gasteiger partial charge >= 0.3 is 154 Å². The van der Waals surface area contributed by atoms with Crippen LogP contribution in [-0.2, 0) is 14.4 Å². The molecule has 7 nitrogen and oxygen atoms in total. The molecule has 0 unspecified atom stereocenters. The van der Waals surface area contributed by atoms with Crippen LogP contribution in [0.5, 0.6) is 0 Å². The van der Waals surface area contributed by atoms with Crippen LogP contribution >= 0.6 is 0 Å². The normalized spacial score (nSPS) is 8.29. The Morgan fingerprint density at radius 3 is 1.35 bits per heavy atom. The molecule has 0 saturated heterocycles. The van der Waals surface area contributed by atoms with Gasteiger partial charge in [0.15, 0.2) is 0 Å². The van der Waals surface area contributed by atoms with Crippen LogP contribution < -0.4 is 169 Å². The Labute approximate surface area is 226 Å². The standard InChI is InChI=1S/C7H11NO6.3K/c9-5(10)1-2-8(3-6(11)12)4-7(13)14;;;/h1-4H2,(H,9,10)(H,11,12)(H,13,14);;;/q;3*+1/p-3. The monoisotopic (exact) mass is 319 g/mol. The molecule has 17 heavy (non-hydrogen) atoms. The summed E-state index contributed by atoms with van der Waals surface area (Å²) < 4.78 is 0. The fraction of sp³-hybridized carbons (Fsp3) is 0.571. The van der Waals surface area contributed by atoms with Crippen LogP contribution in [0.4, 0.5) is 0 Å². The van der Waals surface area contributed by atoms with Gasteiger partial charge in [-0.3, -0.25) is 4.90 Å². The van der Waals surface area contributed by atoms with Gasteiger partial charge in [0.25, 0.3) is 0 Å². The maximum atomic E-state index is 10.1. The van der Waals surface area contributed by atoms with Gasteiger partial charge in [-0.15, -0.1) is 0 Å². The molecule has 0 fully saturated rings. The van der Waals surface area contributed by atoms with Crippen LogP contribution in [0.15, 0.2) is 0 Å². The number of carbonyl (C=O) groups is 3. The predicted molar refractivity (Wildman–Crippen MR) is 36.1 cm³/mol. The van der Waals surface area contributed by atoms with Crippen molar-refractivity contribution in [1.29, 1.82) is 0 Å². The van der Waals surface area contributed by atoms with E-state index in [0.29, 0.717) is 0 Å². The van der Waals surface area contributed by atoms with Crippen molar-refractivity contribution in [3.05, 3.63) is 0 Å². The molecule has 80 valence electrons. The van der Waals surface area contributed by atoms with Crippen molar-refractivity contribution in [3.63, 3.8) is 0 Å². The van der Waals surface area contributed by atoms with Crippen LogP contribution in [0.2, 0.25) is 0 Å². The third-order valence-electron chi connectivity index (χ3n) is 1.34. The molecule has 0 atom stereocenters. The Kier molecular flexibility index (Phi) is 29.0. The average Bonchev–Trinajstić information content (AvgIpc) is 1.97. The number of aliphatic carboxylic acids is 3. The van der Waals surface area contributed by atoms with E-state index in [4.69, 9.17) is 0 Å². The van der Waals surface area contributed by atoms with E-state index in [2.05, 4.69) is 0 Å². The van der Waals surface area contributed by atoms with Gasteiger partial charge in [-0.05, 0) is 6.42 Å². The minimum Gasteiger partial charge on any atom is -0.550 e. The van der Waals surface area contributed by atoms with E-state index in [9.17, 15) is 29.7 Å². The SMILES string of the molecule is O=C([O-])CCN(CC(=O)[O-])CC(=O)[O-].[K+].[K+].[K+]. The first-order valence-electron chi connectivity index (χ1n) is 3.73. The molecule has 10 heteroatoms. The van der Waals surface area contributed by atoms with Crippen LogP contribution in [-0.4, -0.2) is 42.4 Å². The molecule has 0 bridgehead atoms. The first kappa shape index (κ1) is 28.4. The van der Waals surface area contributed by atoms with E-state index in [1.54, 1.807) is 0 Å². The van der Waals surface area contributed by atoms with Gasteiger partial charge in [-0.1, -0.05) is 0 Å². The minimum atomic E-state index is -1.48.